The van der Waals surface area contributed by atoms with Crippen LogP contribution in [0.15, 0.2) is 12.2 Å². The van der Waals surface area contributed by atoms with Crippen molar-refractivity contribution in [2.24, 2.45) is 23.7 Å². The van der Waals surface area contributed by atoms with Gasteiger partial charge in [-0.25, -0.2) is 0 Å². The predicted molar refractivity (Wildman–Crippen MR) is 75.8 cm³/mol. The van der Waals surface area contributed by atoms with Gasteiger partial charge in [0.15, 0.2) is 0 Å². The lowest BCUT2D eigenvalue weighted by Crippen LogP contribution is -2.42. The van der Waals surface area contributed by atoms with Crippen molar-refractivity contribution in [3.63, 3.8) is 0 Å². The fraction of sp³-hybridized carbons (Fsp3) is 0.875. The normalized spacial score (nSPS) is 51.6. The molecule has 3 saturated carbocycles. The van der Waals surface area contributed by atoms with Crippen molar-refractivity contribution in [2.45, 2.75) is 62.7 Å². The van der Waals surface area contributed by atoms with E-state index in [9.17, 15) is 0 Å². The van der Waals surface area contributed by atoms with E-state index >= 15 is 0 Å². The van der Waals surface area contributed by atoms with Crippen LogP contribution in [0, 0.1) is 23.7 Å². The third kappa shape index (κ3) is 1.47. The van der Waals surface area contributed by atoms with E-state index in [1.54, 1.807) is 32.1 Å². The van der Waals surface area contributed by atoms with E-state index in [4.69, 9.17) is 0 Å². The van der Waals surface area contributed by atoms with E-state index in [-0.39, 0.29) is 0 Å². The van der Waals surface area contributed by atoms with Gasteiger partial charge in [0, 0.05) is 0 Å². The Labute approximate surface area is 107 Å². The van der Waals surface area contributed by atoms with Crippen LogP contribution in [0.4, 0.5) is 0 Å². The van der Waals surface area contributed by atoms with Gasteiger partial charge in [0.25, 0.3) is 0 Å². The molecule has 4 rings (SSSR count). The Balaban J connectivity index is 1.58. The minimum atomic E-state index is -0.996. The zero-order valence-corrected chi connectivity index (χ0v) is 12.4. The van der Waals surface area contributed by atoms with E-state index in [0.29, 0.717) is 0 Å². The smallest absolute Gasteiger partial charge is 0.0544 e. The Kier molecular flexibility index (Phi) is 2.23. The first kappa shape index (κ1) is 10.8. The summed E-state index contributed by atoms with van der Waals surface area (Å²) in [6.45, 7) is 5.50. The molecule has 0 aliphatic heterocycles. The fourth-order valence-electron chi connectivity index (χ4n) is 6.07. The van der Waals surface area contributed by atoms with Gasteiger partial charge >= 0.3 is 0 Å². The number of hydrogen-bond donors (Lipinski definition) is 0. The molecule has 0 saturated heterocycles. The van der Waals surface area contributed by atoms with E-state index in [1.165, 1.54) is 12.0 Å². The highest BCUT2D eigenvalue weighted by Crippen LogP contribution is 2.62. The maximum Gasteiger partial charge on any atom is 0.0544 e. The molecule has 0 aromatic carbocycles. The number of fused-ring (bicyclic) bond motifs is 4. The SMILES string of the molecule is C[Si](C)(C1CC2C=CC1C2)C1CC2CCC1C2. The van der Waals surface area contributed by atoms with Crippen molar-refractivity contribution in [3.05, 3.63) is 12.2 Å². The van der Waals surface area contributed by atoms with E-state index in [2.05, 4.69) is 25.2 Å². The summed E-state index contributed by atoms with van der Waals surface area (Å²) in [7, 11) is -0.996. The molecule has 3 fully saturated rings. The second-order valence-electron chi connectivity index (χ2n) is 7.99. The van der Waals surface area contributed by atoms with Crippen LogP contribution in [0.25, 0.3) is 0 Å². The van der Waals surface area contributed by atoms with Gasteiger partial charge in [-0.05, 0) is 60.4 Å². The summed E-state index contributed by atoms with van der Waals surface area (Å²) in [4.78, 5) is 0. The largest absolute Gasteiger partial charge is 0.0851 e. The lowest BCUT2D eigenvalue weighted by Gasteiger charge is -2.42. The zero-order chi connectivity index (χ0) is 11.6. The molecule has 1 heteroatoms. The molecule has 0 nitrogen and oxygen atoms in total. The Bertz CT molecular complexity index is 357. The summed E-state index contributed by atoms with van der Waals surface area (Å²) in [5.41, 5.74) is 2.33. The van der Waals surface area contributed by atoms with E-state index < -0.39 is 8.07 Å². The zero-order valence-electron chi connectivity index (χ0n) is 11.4. The molecule has 6 unspecified atom stereocenters. The lowest BCUT2D eigenvalue weighted by atomic mass is 10.00. The van der Waals surface area contributed by atoms with Crippen LogP contribution in [0.5, 0.6) is 0 Å². The highest BCUT2D eigenvalue weighted by molar-refractivity contribution is 6.80. The molecule has 6 atom stereocenters. The van der Waals surface area contributed by atoms with Crippen molar-refractivity contribution in [3.8, 4) is 0 Å². The van der Waals surface area contributed by atoms with Gasteiger partial charge in [0.05, 0.1) is 8.07 Å². The lowest BCUT2D eigenvalue weighted by molar-refractivity contribution is 0.459. The highest BCUT2D eigenvalue weighted by atomic mass is 28.3. The van der Waals surface area contributed by atoms with Crippen LogP contribution >= 0.6 is 0 Å². The molecule has 0 radical (unpaired) electrons. The number of allylic oxidation sites excluding steroid dienone is 2. The molecule has 0 amide bonds. The Hall–Kier alpha value is -0.0431. The summed E-state index contributed by atoms with van der Waals surface area (Å²) < 4.78 is 0. The molecule has 4 aliphatic carbocycles. The average molecular weight is 246 g/mol. The minimum Gasteiger partial charge on any atom is -0.0851 e. The van der Waals surface area contributed by atoms with Crippen molar-refractivity contribution in [2.75, 3.05) is 0 Å². The van der Waals surface area contributed by atoms with Crippen LogP contribution in [0.3, 0.4) is 0 Å². The molecule has 94 valence electrons. The minimum absolute atomic E-state index is 0.982. The molecular weight excluding hydrogens is 220 g/mol. The summed E-state index contributed by atoms with van der Waals surface area (Å²) in [6.07, 6.45) is 14.6. The maximum atomic E-state index is 2.75. The van der Waals surface area contributed by atoms with Crippen molar-refractivity contribution in [1.82, 2.24) is 0 Å². The maximum absolute atomic E-state index is 2.75. The molecule has 0 aromatic rings. The van der Waals surface area contributed by atoms with Gasteiger partial charge in [0.2, 0.25) is 0 Å². The summed E-state index contributed by atoms with van der Waals surface area (Å²) in [6, 6.07) is 0. The molecule has 0 spiro atoms. The monoisotopic (exact) mass is 246 g/mol. The first-order valence-electron chi connectivity index (χ1n) is 7.83. The molecule has 4 aliphatic rings. The van der Waals surface area contributed by atoms with Crippen LogP contribution in [0.1, 0.15) is 38.5 Å². The summed E-state index contributed by atoms with van der Waals surface area (Å²) in [5.74, 6) is 4.28. The second-order valence-corrected chi connectivity index (χ2v) is 13.1. The van der Waals surface area contributed by atoms with Crippen LogP contribution in [-0.4, -0.2) is 8.07 Å². The quantitative estimate of drug-likeness (QED) is 0.482. The van der Waals surface area contributed by atoms with Gasteiger partial charge in [-0.15, -0.1) is 0 Å². The topological polar surface area (TPSA) is 0 Å². The highest BCUT2D eigenvalue weighted by Gasteiger charge is 2.53. The summed E-state index contributed by atoms with van der Waals surface area (Å²) >= 11 is 0. The van der Waals surface area contributed by atoms with Gasteiger partial charge in [0.1, 0.15) is 0 Å². The second kappa shape index (κ2) is 3.50. The van der Waals surface area contributed by atoms with E-state index in [0.717, 1.165) is 29.2 Å². The summed E-state index contributed by atoms with van der Waals surface area (Å²) in [5, 5.41) is 0. The predicted octanol–water partition coefficient (Wildman–Crippen LogP) is 4.85. The molecule has 0 N–H and O–H groups in total. The molecule has 4 bridgehead atoms. The Morgan fingerprint density at radius 1 is 0.882 bits per heavy atom. The standard InChI is InChI=1S/C16H26Si/c1-17(2,15-9-11-3-5-13(15)7-11)16-10-12-4-6-14(16)8-12/h3,5,11-16H,4,6-10H2,1-2H3. The van der Waals surface area contributed by atoms with Crippen molar-refractivity contribution < 1.29 is 0 Å². The van der Waals surface area contributed by atoms with Crippen LogP contribution in [0.2, 0.25) is 24.2 Å². The van der Waals surface area contributed by atoms with E-state index in [1.807, 2.05) is 0 Å². The first-order chi connectivity index (χ1) is 8.14. The van der Waals surface area contributed by atoms with Gasteiger partial charge in [-0.3, -0.25) is 0 Å². The van der Waals surface area contributed by atoms with Crippen molar-refractivity contribution >= 4 is 8.07 Å². The number of rotatable bonds is 2. The molecule has 17 heavy (non-hydrogen) atoms. The Morgan fingerprint density at radius 2 is 1.76 bits per heavy atom. The number of hydrogen-bond acceptors (Lipinski definition) is 0. The first-order valence-corrected chi connectivity index (χ1v) is 11.0. The third-order valence-electron chi connectivity index (χ3n) is 6.93. The van der Waals surface area contributed by atoms with Crippen LogP contribution in [-0.2, 0) is 0 Å². The van der Waals surface area contributed by atoms with Gasteiger partial charge in [-0.1, -0.05) is 38.1 Å². The van der Waals surface area contributed by atoms with Gasteiger partial charge in [-0.2, -0.15) is 0 Å². The average Bonchev–Trinajstić information content (AvgIpc) is 3.07. The van der Waals surface area contributed by atoms with Crippen LogP contribution < -0.4 is 0 Å². The van der Waals surface area contributed by atoms with Gasteiger partial charge < -0.3 is 0 Å². The third-order valence-corrected chi connectivity index (χ3v) is 12.1. The Morgan fingerprint density at radius 3 is 2.29 bits per heavy atom. The molecular formula is C16H26Si. The molecule has 0 heterocycles. The molecule has 0 aromatic heterocycles. The fourth-order valence-corrected chi connectivity index (χ4v) is 11.3. The van der Waals surface area contributed by atoms with Crippen molar-refractivity contribution in [1.29, 1.82) is 0 Å².